The molecule has 0 saturated carbocycles. The zero-order valence-corrected chi connectivity index (χ0v) is 12.2. The number of thiophene rings is 1. The molecule has 1 amide bonds. The second-order valence-electron chi connectivity index (χ2n) is 4.49. The molecule has 0 aliphatic carbocycles. The van der Waals surface area contributed by atoms with Gasteiger partial charge in [0.15, 0.2) is 0 Å². The van der Waals surface area contributed by atoms with Gasteiger partial charge in [-0.2, -0.15) is 0 Å². The zero-order valence-electron chi connectivity index (χ0n) is 11.4. The number of rotatable bonds is 2. The molecule has 0 fully saturated rings. The van der Waals surface area contributed by atoms with E-state index in [2.05, 4.69) is 23.2 Å². The van der Waals surface area contributed by atoms with Crippen LogP contribution in [0.25, 0.3) is 0 Å². The minimum atomic E-state index is -0.179. The van der Waals surface area contributed by atoms with Crippen LogP contribution in [0, 0.1) is 25.7 Å². The maximum absolute atomic E-state index is 12.1. The highest BCUT2D eigenvalue weighted by molar-refractivity contribution is 7.10. The molecule has 0 saturated heterocycles. The van der Waals surface area contributed by atoms with Crippen LogP contribution >= 0.6 is 11.3 Å². The van der Waals surface area contributed by atoms with Crippen molar-refractivity contribution >= 4 is 22.9 Å². The van der Waals surface area contributed by atoms with Crippen LogP contribution in [0.3, 0.4) is 0 Å². The highest BCUT2D eigenvalue weighted by Crippen LogP contribution is 2.18. The number of amides is 1. The van der Waals surface area contributed by atoms with Crippen LogP contribution < -0.4 is 5.32 Å². The van der Waals surface area contributed by atoms with Crippen LogP contribution in [0.5, 0.6) is 0 Å². The molecule has 4 heteroatoms. The van der Waals surface area contributed by atoms with Crippen molar-refractivity contribution in [2.24, 2.45) is 0 Å². The molecule has 0 unspecified atom stereocenters. The van der Waals surface area contributed by atoms with Gasteiger partial charge in [-0.3, -0.25) is 4.79 Å². The Morgan fingerprint density at radius 2 is 1.95 bits per heavy atom. The largest absolute Gasteiger partial charge is 0.384 e. The number of carbonyl (C=O) groups is 1. The van der Waals surface area contributed by atoms with Crippen LogP contribution in [0.1, 0.15) is 26.4 Å². The van der Waals surface area contributed by atoms with Gasteiger partial charge in [-0.1, -0.05) is 17.9 Å². The number of hydrogen-bond donors (Lipinski definition) is 2. The third-order valence-corrected chi connectivity index (χ3v) is 3.48. The SMILES string of the molecule is Cc1cc(C)cc(NC(=O)c2csc(C#CCO)c2)c1. The molecule has 1 heterocycles. The molecule has 2 N–H and O–H groups in total. The van der Waals surface area contributed by atoms with E-state index in [-0.39, 0.29) is 12.5 Å². The van der Waals surface area contributed by atoms with Gasteiger partial charge in [0.1, 0.15) is 6.61 Å². The summed E-state index contributed by atoms with van der Waals surface area (Å²) in [4.78, 5) is 12.9. The predicted molar refractivity (Wildman–Crippen MR) is 82.2 cm³/mol. The maximum atomic E-state index is 12.1. The number of carbonyl (C=O) groups excluding carboxylic acids is 1. The first kappa shape index (κ1) is 14.3. The molecule has 0 aliphatic rings. The first-order valence-electron chi connectivity index (χ1n) is 6.16. The fourth-order valence-electron chi connectivity index (χ4n) is 1.90. The highest BCUT2D eigenvalue weighted by atomic mass is 32.1. The van der Waals surface area contributed by atoms with E-state index >= 15 is 0 Å². The summed E-state index contributed by atoms with van der Waals surface area (Å²) in [5.74, 6) is 5.21. The Morgan fingerprint density at radius 3 is 2.60 bits per heavy atom. The molecule has 1 aromatic heterocycles. The van der Waals surface area contributed by atoms with Crippen LogP contribution in [-0.4, -0.2) is 17.6 Å². The lowest BCUT2D eigenvalue weighted by atomic mass is 10.1. The first-order valence-corrected chi connectivity index (χ1v) is 7.04. The second kappa shape index (κ2) is 6.38. The highest BCUT2D eigenvalue weighted by Gasteiger charge is 2.08. The molecule has 0 aliphatic heterocycles. The van der Waals surface area contributed by atoms with E-state index in [1.165, 1.54) is 11.3 Å². The fraction of sp³-hybridized carbons (Fsp3) is 0.188. The van der Waals surface area contributed by atoms with Crippen molar-refractivity contribution in [1.82, 2.24) is 0 Å². The molecule has 3 nitrogen and oxygen atoms in total. The summed E-state index contributed by atoms with van der Waals surface area (Å²) in [5.41, 5.74) is 3.60. The van der Waals surface area contributed by atoms with E-state index in [0.717, 1.165) is 21.7 Å². The van der Waals surface area contributed by atoms with E-state index in [1.807, 2.05) is 26.0 Å². The Kier molecular flexibility index (Phi) is 4.57. The van der Waals surface area contributed by atoms with E-state index in [4.69, 9.17) is 5.11 Å². The number of aliphatic hydroxyl groups is 1. The van der Waals surface area contributed by atoms with E-state index in [1.54, 1.807) is 11.4 Å². The predicted octanol–water partition coefficient (Wildman–Crippen LogP) is 2.96. The summed E-state index contributed by atoms with van der Waals surface area (Å²) in [6.45, 7) is 3.81. The summed E-state index contributed by atoms with van der Waals surface area (Å²) in [7, 11) is 0. The van der Waals surface area contributed by atoms with Crippen molar-refractivity contribution in [3.05, 3.63) is 51.2 Å². The van der Waals surface area contributed by atoms with Crippen molar-refractivity contribution in [3.8, 4) is 11.8 Å². The molecule has 2 aromatic rings. The number of nitrogens with one attached hydrogen (secondary N) is 1. The molecule has 20 heavy (non-hydrogen) atoms. The Hall–Kier alpha value is -2.09. The monoisotopic (exact) mass is 285 g/mol. The molecular formula is C16H15NO2S. The minimum absolute atomic E-state index is 0.150. The van der Waals surface area contributed by atoms with Crippen LogP contribution in [0.2, 0.25) is 0 Å². The lowest BCUT2D eigenvalue weighted by molar-refractivity contribution is 0.102. The molecule has 0 atom stereocenters. The minimum Gasteiger partial charge on any atom is -0.384 e. The molecule has 2 rings (SSSR count). The molecule has 102 valence electrons. The smallest absolute Gasteiger partial charge is 0.256 e. The lowest BCUT2D eigenvalue weighted by Gasteiger charge is -2.06. The van der Waals surface area contributed by atoms with Gasteiger partial charge in [0.05, 0.1) is 10.4 Å². The van der Waals surface area contributed by atoms with Gasteiger partial charge in [-0.05, 0) is 43.2 Å². The van der Waals surface area contributed by atoms with Crippen molar-refractivity contribution in [1.29, 1.82) is 0 Å². The van der Waals surface area contributed by atoms with Gasteiger partial charge >= 0.3 is 0 Å². The summed E-state index contributed by atoms with van der Waals surface area (Å²) >= 11 is 1.39. The normalized spacial score (nSPS) is 9.75. The molecule has 0 spiro atoms. The molecule has 1 aromatic carbocycles. The second-order valence-corrected chi connectivity index (χ2v) is 5.40. The van der Waals surface area contributed by atoms with Crippen molar-refractivity contribution in [2.45, 2.75) is 13.8 Å². The van der Waals surface area contributed by atoms with Crippen molar-refractivity contribution in [2.75, 3.05) is 11.9 Å². The van der Waals surface area contributed by atoms with Crippen molar-refractivity contribution in [3.63, 3.8) is 0 Å². The number of aryl methyl sites for hydroxylation is 2. The molecular weight excluding hydrogens is 270 g/mol. The van der Waals surface area contributed by atoms with E-state index in [9.17, 15) is 4.79 Å². The van der Waals surface area contributed by atoms with Gasteiger partial charge in [0, 0.05) is 11.1 Å². The fourth-order valence-corrected chi connectivity index (χ4v) is 2.65. The van der Waals surface area contributed by atoms with Crippen LogP contribution in [-0.2, 0) is 0 Å². The van der Waals surface area contributed by atoms with Gasteiger partial charge in [0.2, 0.25) is 0 Å². The topological polar surface area (TPSA) is 49.3 Å². The van der Waals surface area contributed by atoms with Crippen LogP contribution in [0.15, 0.2) is 29.6 Å². The average Bonchev–Trinajstić information content (AvgIpc) is 2.83. The third kappa shape index (κ3) is 3.70. The lowest BCUT2D eigenvalue weighted by Crippen LogP contribution is -2.11. The Balaban J connectivity index is 2.13. The van der Waals surface area contributed by atoms with Gasteiger partial charge in [0.25, 0.3) is 5.91 Å². The standard InChI is InChI=1S/C16H15NO2S/c1-11-6-12(2)8-14(7-11)17-16(19)13-9-15(20-10-13)4-3-5-18/h6-10,18H,5H2,1-2H3,(H,17,19). The number of anilines is 1. The van der Waals surface area contributed by atoms with Gasteiger partial charge < -0.3 is 10.4 Å². The quantitative estimate of drug-likeness (QED) is 0.833. The van der Waals surface area contributed by atoms with Crippen molar-refractivity contribution < 1.29 is 9.90 Å². The first-order chi connectivity index (χ1) is 9.58. The molecule has 0 bridgehead atoms. The number of hydrogen-bond acceptors (Lipinski definition) is 3. The van der Waals surface area contributed by atoms with Crippen LogP contribution in [0.4, 0.5) is 5.69 Å². The summed E-state index contributed by atoms with van der Waals surface area (Å²) in [6, 6.07) is 7.65. The maximum Gasteiger partial charge on any atom is 0.256 e. The third-order valence-electron chi connectivity index (χ3n) is 2.63. The summed E-state index contributed by atoms with van der Waals surface area (Å²) < 4.78 is 0. The zero-order chi connectivity index (χ0) is 14.5. The Morgan fingerprint density at radius 1 is 1.25 bits per heavy atom. The summed E-state index contributed by atoms with van der Waals surface area (Å²) in [6.07, 6.45) is 0. The Bertz CT molecular complexity index is 672. The van der Waals surface area contributed by atoms with E-state index in [0.29, 0.717) is 5.56 Å². The molecule has 0 radical (unpaired) electrons. The number of aliphatic hydroxyl groups excluding tert-OH is 1. The number of benzene rings is 1. The summed E-state index contributed by atoms with van der Waals surface area (Å²) in [5, 5.41) is 13.3. The Labute approximate surface area is 122 Å². The average molecular weight is 285 g/mol. The van der Waals surface area contributed by atoms with E-state index < -0.39 is 0 Å². The van der Waals surface area contributed by atoms with Gasteiger partial charge in [-0.15, -0.1) is 11.3 Å². The van der Waals surface area contributed by atoms with Gasteiger partial charge in [-0.25, -0.2) is 0 Å².